The minimum atomic E-state index is -1.28. The molecule has 0 aliphatic carbocycles. The van der Waals surface area contributed by atoms with Gasteiger partial charge in [0.1, 0.15) is 17.7 Å². The molecule has 1 saturated heterocycles. The number of hydrogen-bond acceptors (Lipinski definition) is 3. The van der Waals surface area contributed by atoms with Crippen LogP contribution in [0.4, 0.5) is 26.2 Å². The number of nitrogens with zero attached hydrogens (tertiary/aromatic N) is 1. The molecule has 1 fully saturated rings. The quantitative estimate of drug-likeness (QED) is 0.372. The number of benzene rings is 3. The number of anilines is 3. The summed E-state index contributed by atoms with van der Waals surface area (Å²) in [7, 11) is 0. The maximum absolute atomic E-state index is 14.5. The predicted molar refractivity (Wildman–Crippen MR) is 132 cm³/mol. The standard InChI is InChI=1S/C25H23ClFN5O2/c26-16-7-9-18(10-8-16)30-25(34)31-23(20-4-1-2-5-21(20)27)24(33)29-17-11-13-19(14-12-17)32-15-3-6-22(32)28/h1-2,4-5,7-14,23,28H,3,6,15H2,(H,29,33)(H2,30,31,34)/t23-/m1/s1. The molecular formula is C25H23ClFN5O2. The highest BCUT2D eigenvalue weighted by Crippen LogP contribution is 2.25. The average molecular weight is 480 g/mol. The number of rotatable bonds is 6. The van der Waals surface area contributed by atoms with E-state index in [4.69, 9.17) is 17.0 Å². The van der Waals surface area contributed by atoms with E-state index in [9.17, 15) is 14.0 Å². The van der Waals surface area contributed by atoms with E-state index in [0.717, 1.165) is 25.1 Å². The van der Waals surface area contributed by atoms with E-state index >= 15 is 0 Å². The molecule has 1 aliphatic heterocycles. The van der Waals surface area contributed by atoms with Crippen molar-refractivity contribution in [3.63, 3.8) is 0 Å². The largest absolute Gasteiger partial charge is 0.330 e. The molecule has 9 heteroatoms. The summed E-state index contributed by atoms with van der Waals surface area (Å²) in [6.07, 6.45) is 1.68. The number of carbonyl (C=O) groups is 2. The minimum Gasteiger partial charge on any atom is -0.330 e. The van der Waals surface area contributed by atoms with Gasteiger partial charge in [0.2, 0.25) is 0 Å². The Morgan fingerprint density at radius 1 is 0.941 bits per heavy atom. The minimum absolute atomic E-state index is 0.0355. The van der Waals surface area contributed by atoms with Crippen LogP contribution in [0.3, 0.4) is 0 Å². The van der Waals surface area contributed by atoms with Gasteiger partial charge in [-0.3, -0.25) is 10.2 Å². The molecular weight excluding hydrogens is 457 g/mol. The zero-order chi connectivity index (χ0) is 24.1. The third kappa shape index (κ3) is 5.52. The maximum atomic E-state index is 14.5. The molecule has 0 spiro atoms. The lowest BCUT2D eigenvalue weighted by molar-refractivity contribution is -0.118. The molecule has 1 aliphatic rings. The summed E-state index contributed by atoms with van der Waals surface area (Å²) in [6.45, 7) is 0.784. The molecule has 1 atom stereocenters. The lowest BCUT2D eigenvalue weighted by Crippen LogP contribution is -2.39. The molecule has 0 radical (unpaired) electrons. The van der Waals surface area contributed by atoms with Gasteiger partial charge < -0.3 is 20.9 Å². The van der Waals surface area contributed by atoms with Crippen LogP contribution in [0.25, 0.3) is 0 Å². The van der Waals surface area contributed by atoms with Crippen LogP contribution in [-0.4, -0.2) is 24.3 Å². The summed E-state index contributed by atoms with van der Waals surface area (Å²) in [6, 6.07) is 17.3. The summed E-state index contributed by atoms with van der Waals surface area (Å²) in [4.78, 5) is 27.6. The van der Waals surface area contributed by atoms with Crippen molar-refractivity contribution >= 4 is 46.4 Å². The van der Waals surface area contributed by atoms with Crippen LogP contribution in [0.1, 0.15) is 24.4 Å². The fourth-order valence-corrected chi connectivity index (χ4v) is 3.85. The van der Waals surface area contributed by atoms with Gasteiger partial charge in [0.05, 0.1) is 0 Å². The van der Waals surface area contributed by atoms with Crippen molar-refractivity contribution in [2.45, 2.75) is 18.9 Å². The van der Waals surface area contributed by atoms with Gasteiger partial charge in [-0.25, -0.2) is 9.18 Å². The van der Waals surface area contributed by atoms with Crippen LogP contribution < -0.4 is 20.9 Å². The van der Waals surface area contributed by atoms with Gasteiger partial charge in [-0.2, -0.15) is 0 Å². The van der Waals surface area contributed by atoms with Crippen molar-refractivity contribution in [3.8, 4) is 0 Å². The summed E-state index contributed by atoms with van der Waals surface area (Å²) in [5.41, 5.74) is 1.86. The van der Waals surface area contributed by atoms with Crippen LogP contribution in [-0.2, 0) is 4.79 Å². The van der Waals surface area contributed by atoms with E-state index < -0.39 is 23.8 Å². The number of amidine groups is 1. The third-order valence-corrected chi connectivity index (χ3v) is 5.68. The van der Waals surface area contributed by atoms with Gasteiger partial charge in [-0.1, -0.05) is 29.8 Å². The van der Waals surface area contributed by atoms with Gasteiger partial charge in [0.15, 0.2) is 0 Å². The summed E-state index contributed by atoms with van der Waals surface area (Å²) in [5.74, 6) is -0.650. The van der Waals surface area contributed by atoms with E-state index in [1.165, 1.54) is 18.2 Å². The Morgan fingerprint density at radius 2 is 1.59 bits per heavy atom. The Morgan fingerprint density at radius 3 is 2.24 bits per heavy atom. The number of halogens is 2. The zero-order valence-corrected chi connectivity index (χ0v) is 18.9. The van der Waals surface area contributed by atoms with Gasteiger partial charge in [-0.15, -0.1) is 0 Å². The molecule has 4 N–H and O–H groups in total. The Bertz CT molecular complexity index is 1200. The first-order valence-electron chi connectivity index (χ1n) is 10.7. The monoisotopic (exact) mass is 479 g/mol. The normalized spacial score (nSPS) is 13.9. The smallest absolute Gasteiger partial charge is 0.320 e. The molecule has 0 bridgehead atoms. The van der Waals surface area contributed by atoms with E-state index in [0.29, 0.717) is 22.2 Å². The second-order valence-corrected chi connectivity index (χ2v) is 8.23. The highest BCUT2D eigenvalue weighted by molar-refractivity contribution is 6.30. The molecule has 0 aromatic heterocycles. The first-order valence-corrected chi connectivity index (χ1v) is 11.1. The Labute approximate surface area is 201 Å². The summed E-state index contributed by atoms with van der Waals surface area (Å²) < 4.78 is 14.5. The third-order valence-electron chi connectivity index (χ3n) is 5.42. The second kappa shape index (κ2) is 10.4. The molecule has 1 heterocycles. The van der Waals surface area contributed by atoms with Gasteiger partial charge in [0.25, 0.3) is 5.91 Å². The molecule has 34 heavy (non-hydrogen) atoms. The van der Waals surface area contributed by atoms with Gasteiger partial charge in [0, 0.05) is 40.6 Å². The lowest BCUT2D eigenvalue weighted by atomic mass is 10.1. The summed E-state index contributed by atoms with van der Waals surface area (Å²) >= 11 is 5.87. The first kappa shape index (κ1) is 23.3. The van der Waals surface area contributed by atoms with Crippen LogP contribution in [0.15, 0.2) is 72.8 Å². The van der Waals surface area contributed by atoms with Crippen LogP contribution in [0.2, 0.25) is 5.02 Å². The second-order valence-electron chi connectivity index (χ2n) is 7.80. The number of nitrogens with one attached hydrogen (secondary N) is 4. The molecule has 4 rings (SSSR count). The van der Waals surface area contributed by atoms with Crippen molar-refractivity contribution < 1.29 is 14.0 Å². The first-order chi connectivity index (χ1) is 16.4. The Hall–Kier alpha value is -3.91. The van der Waals surface area contributed by atoms with E-state index in [-0.39, 0.29) is 5.56 Å². The average Bonchev–Trinajstić information content (AvgIpc) is 3.26. The van der Waals surface area contributed by atoms with Crippen LogP contribution in [0.5, 0.6) is 0 Å². The zero-order valence-electron chi connectivity index (χ0n) is 18.1. The van der Waals surface area contributed by atoms with Crippen LogP contribution in [0, 0.1) is 11.2 Å². The van der Waals surface area contributed by atoms with Crippen molar-refractivity contribution in [1.29, 1.82) is 5.41 Å². The fraction of sp³-hybridized carbons (Fsp3) is 0.160. The molecule has 0 saturated carbocycles. The van der Waals surface area contributed by atoms with Crippen molar-refractivity contribution in [3.05, 3.63) is 89.2 Å². The topological polar surface area (TPSA) is 97.3 Å². The Balaban J connectivity index is 1.49. The van der Waals surface area contributed by atoms with E-state index in [2.05, 4.69) is 16.0 Å². The van der Waals surface area contributed by atoms with Crippen molar-refractivity contribution in [2.75, 3.05) is 22.1 Å². The van der Waals surface area contributed by atoms with Crippen molar-refractivity contribution in [1.82, 2.24) is 5.32 Å². The van der Waals surface area contributed by atoms with Gasteiger partial charge >= 0.3 is 6.03 Å². The van der Waals surface area contributed by atoms with E-state index in [1.807, 2.05) is 17.0 Å². The number of hydrogen-bond donors (Lipinski definition) is 4. The molecule has 174 valence electrons. The lowest BCUT2D eigenvalue weighted by Gasteiger charge is -2.21. The molecule has 3 aromatic carbocycles. The Kier molecular flexibility index (Phi) is 7.08. The SMILES string of the molecule is N=C1CCCN1c1ccc(NC(=O)[C@H](NC(=O)Nc2ccc(Cl)cc2)c2ccccc2F)cc1. The highest BCUT2D eigenvalue weighted by Gasteiger charge is 2.26. The molecule has 7 nitrogen and oxygen atoms in total. The highest BCUT2D eigenvalue weighted by atomic mass is 35.5. The fourth-order valence-electron chi connectivity index (χ4n) is 3.72. The van der Waals surface area contributed by atoms with Crippen molar-refractivity contribution in [2.24, 2.45) is 0 Å². The number of urea groups is 1. The van der Waals surface area contributed by atoms with E-state index in [1.54, 1.807) is 42.5 Å². The van der Waals surface area contributed by atoms with Crippen LogP contribution >= 0.6 is 11.6 Å². The number of amides is 3. The summed E-state index contributed by atoms with van der Waals surface area (Å²) in [5, 5.41) is 16.4. The van der Waals surface area contributed by atoms with Gasteiger partial charge in [-0.05, 0) is 61.0 Å². The molecule has 3 aromatic rings. The molecule has 0 unspecified atom stereocenters. The predicted octanol–water partition coefficient (Wildman–Crippen LogP) is 5.56. The number of carbonyl (C=O) groups excluding carboxylic acids is 2. The maximum Gasteiger partial charge on any atom is 0.320 e. The molecule has 3 amide bonds.